The van der Waals surface area contributed by atoms with E-state index in [0.29, 0.717) is 9.81 Å². The Morgan fingerprint density at radius 1 is 1.16 bits per heavy atom. The van der Waals surface area contributed by atoms with E-state index >= 15 is 0 Å². The van der Waals surface area contributed by atoms with Crippen LogP contribution in [0.15, 0.2) is 58.6 Å². The Morgan fingerprint density at radius 3 is 2.60 bits per heavy atom. The lowest BCUT2D eigenvalue weighted by molar-refractivity contribution is -0.170. The van der Waals surface area contributed by atoms with E-state index in [-0.39, 0.29) is 39.9 Å². The van der Waals surface area contributed by atoms with Crippen molar-refractivity contribution in [3.05, 3.63) is 64.2 Å². The van der Waals surface area contributed by atoms with Crippen molar-refractivity contribution in [1.29, 1.82) is 0 Å². The minimum Gasteiger partial charge on any atom is -0.368 e. The number of aliphatic imine (C=N–C) groups is 1. The molecule has 1 N–H and O–H groups in total. The molecule has 0 unspecified atom stereocenters. The fraction of sp³-hybridized carbons (Fsp3) is 0.333. The predicted octanol–water partition coefficient (Wildman–Crippen LogP) is 6.08. The van der Waals surface area contributed by atoms with E-state index in [1.165, 1.54) is 18.2 Å². The third-order valence-electron chi connectivity index (χ3n) is 7.03. The van der Waals surface area contributed by atoms with E-state index in [0.717, 1.165) is 60.1 Å². The van der Waals surface area contributed by atoms with Crippen LogP contribution in [0.1, 0.15) is 19.4 Å². The lowest BCUT2D eigenvalue weighted by atomic mass is 10.1. The van der Waals surface area contributed by atoms with Gasteiger partial charge in [-0.2, -0.15) is 13.2 Å². The van der Waals surface area contributed by atoms with Crippen molar-refractivity contribution in [2.75, 3.05) is 49.6 Å². The van der Waals surface area contributed by atoms with Crippen LogP contribution in [0.4, 0.5) is 30.2 Å². The van der Waals surface area contributed by atoms with Crippen LogP contribution in [0.5, 0.6) is 0 Å². The summed E-state index contributed by atoms with van der Waals surface area (Å²) >= 11 is 7.41. The van der Waals surface area contributed by atoms with Gasteiger partial charge in [-0.3, -0.25) is 14.6 Å². The third-order valence-corrected chi connectivity index (χ3v) is 8.26. The number of anilines is 2. The second-order valence-corrected chi connectivity index (χ2v) is 12.3. The molecule has 2 saturated heterocycles. The second kappa shape index (κ2) is 12.6. The number of alkyl halides is 3. The molecule has 3 heterocycles. The van der Waals surface area contributed by atoms with Gasteiger partial charge < -0.3 is 20.0 Å². The van der Waals surface area contributed by atoms with Crippen LogP contribution in [-0.2, 0) is 9.59 Å². The van der Waals surface area contributed by atoms with Crippen LogP contribution in [0.25, 0.3) is 17.0 Å². The molecule has 226 valence electrons. The summed E-state index contributed by atoms with van der Waals surface area (Å²) in [5.74, 6) is -2.56. The maximum Gasteiger partial charge on any atom is 0.471 e. The number of aromatic nitrogens is 1. The van der Waals surface area contributed by atoms with Gasteiger partial charge in [0.15, 0.2) is 5.17 Å². The van der Waals surface area contributed by atoms with Crippen molar-refractivity contribution in [3.63, 3.8) is 0 Å². The van der Waals surface area contributed by atoms with Gasteiger partial charge in [-0.25, -0.2) is 4.99 Å². The van der Waals surface area contributed by atoms with Gasteiger partial charge >= 0.3 is 12.1 Å². The van der Waals surface area contributed by atoms with Crippen molar-refractivity contribution < 1.29 is 22.8 Å². The highest BCUT2D eigenvalue weighted by atomic mass is 35.5. The van der Waals surface area contributed by atoms with E-state index in [2.05, 4.69) is 32.1 Å². The zero-order chi connectivity index (χ0) is 30.9. The van der Waals surface area contributed by atoms with E-state index in [9.17, 15) is 22.8 Å². The van der Waals surface area contributed by atoms with Gasteiger partial charge in [0.1, 0.15) is 0 Å². The van der Waals surface area contributed by atoms with Crippen LogP contribution >= 0.6 is 23.4 Å². The Hall–Kier alpha value is -3.61. The first kappa shape index (κ1) is 30.8. The first-order valence-electron chi connectivity index (χ1n) is 13.7. The molecule has 43 heavy (non-hydrogen) atoms. The molecule has 0 saturated carbocycles. The molecule has 2 aromatic carbocycles. The molecule has 1 aromatic heterocycles. The number of carbonyl (C=O) groups excluding carboxylic acids is 2. The molecule has 0 bridgehead atoms. The van der Waals surface area contributed by atoms with Crippen LogP contribution in [-0.4, -0.2) is 72.8 Å². The molecule has 0 aliphatic carbocycles. The average Bonchev–Trinajstić information content (AvgIpc) is 3.30. The normalized spacial score (nSPS) is 18.2. The van der Waals surface area contributed by atoms with Crippen LogP contribution < -0.4 is 15.1 Å². The lowest BCUT2D eigenvalue weighted by Crippen LogP contribution is -2.44. The SMILES string of the molecule is CC(C)CN(C(=O)C(F)(F)F)c1ccc(Cl)c(N=C2NC(=O)C(=Cc3ccc4nccc(N5CCN(C)CC5)c4c3)S2)c1. The molecule has 2 aliphatic heterocycles. The highest BCUT2D eigenvalue weighted by Crippen LogP contribution is 2.36. The first-order chi connectivity index (χ1) is 20.4. The molecule has 0 radical (unpaired) electrons. The number of amidine groups is 1. The topological polar surface area (TPSA) is 81.1 Å². The molecule has 2 fully saturated rings. The summed E-state index contributed by atoms with van der Waals surface area (Å²) in [7, 11) is 2.11. The number of nitrogens with one attached hydrogen (secondary N) is 1. The number of benzene rings is 2. The zero-order valence-electron chi connectivity index (χ0n) is 23.8. The number of likely N-dealkylation sites (N-methyl/N-ethyl adjacent to an activating group) is 1. The Balaban J connectivity index is 1.41. The molecule has 8 nitrogen and oxygen atoms in total. The Kier molecular flexibility index (Phi) is 9.00. The molecule has 13 heteroatoms. The number of rotatable bonds is 6. The fourth-order valence-corrected chi connectivity index (χ4v) is 5.88. The van der Waals surface area contributed by atoms with Gasteiger partial charge in [0.2, 0.25) is 0 Å². The quantitative estimate of drug-likeness (QED) is 0.333. The molecule has 0 atom stereocenters. The number of hydrogen-bond acceptors (Lipinski definition) is 7. The molecular formula is C30H30ClF3N6O2S. The fourth-order valence-electron chi connectivity index (χ4n) is 4.88. The van der Waals surface area contributed by atoms with Gasteiger partial charge in [-0.05, 0) is 72.8 Å². The number of piperazine rings is 1. The van der Waals surface area contributed by atoms with Gasteiger partial charge in [0, 0.05) is 55.7 Å². The summed E-state index contributed by atoms with van der Waals surface area (Å²) in [4.78, 5) is 39.6. The molecule has 2 aliphatic rings. The number of pyridine rings is 1. The van der Waals surface area contributed by atoms with E-state index in [1.54, 1.807) is 26.1 Å². The van der Waals surface area contributed by atoms with Gasteiger partial charge in [-0.15, -0.1) is 0 Å². The molecular weight excluding hydrogens is 601 g/mol. The maximum absolute atomic E-state index is 13.3. The number of nitrogens with zero attached hydrogens (tertiary/aromatic N) is 5. The molecule has 0 spiro atoms. The predicted molar refractivity (Wildman–Crippen MR) is 167 cm³/mol. The number of thioether (sulfide) groups is 1. The standard InChI is InChI=1S/C30H30ClF3N6O2S/c1-18(2)17-40(28(42)30(32,33)34)20-5-6-22(31)24(16-20)36-29-37-27(41)26(43-29)15-19-4-7-23-21(14-19)25(8-9-35-23)39-12-10-38(3)11-13-39/h4-9,14-16,18H,10-13,17H2,1-3H3,(H,36,37,41). The minimum absolute atomic E-state index is 0.00536. The maximum atomic E-state index is 13.3. The molecule has 3 aromatic rings. The summed E-state index contributed by atoms with van der Waals surface area (Å²) < 4.78 is 39.9. The number of carbonyl (C=O) groups is 2. The van der Waals surface area contributed by atoms with Crippen molar-refractivity contribution in [1.82, 2.24) is 15.2 Å². The van der Waals surface area contributed by atoms with Gasteiger partial charge in [-0.1, -0.05) is 31.5 Å². The highest BCUT2D eigenvalue weighted by Gasteiger charge is 2.43. The van der Waals surface area contributed by atoms with Crippen LogP contribution in [0, 0.1) is 5.92 Å². The lowest BCUT2D eigenvalue weighted by Gasteiger charge is -2.34. The van der Waals surface area contributed by atoms with Crippen LogP contribution in [0.2, 0.25) is 5.02 Å². The van der Waals surface area contributed by atoms with E-state index in [4.69, 9.17) is 11.6 Å². The summed E-state index contributed by atoms with van der Waals surface area (Å²) in [6, 6.07) is 11.9. The average molecular weight is 631 g/mol. The number of halogens is 4. The minimum atomic E-state index is -5.04. The highest BCUT2D eigenvalue weighted by molar-refractivity contribution is 8.18. The summed E-state index contributed by atoms with van der Waals surface area (Å²) in [6.45, 7) is 7.02. The van der Waals surface area contributed by atoms with Crippen LogP contribution in [0.3, 0.4) is 0 Å². The summed E-state index contributed by atoms with van der Waals surface area (Å²) in [6.07, 6.45) is -1.48. The van der Waals surface area contributed by atoms with Crippen molar-refractivity contribution in [3.8, 4) is 0 Å². The second-order valence-electron chi connectivity index (χ2n) is 10.8. The number of hydrogen-bond donors (Lipinski definition) is 1. The Labute approximate surface area is 256 Å². The Morgan fingerprint density at radius 2 is 1.91 bits per heavy atom. The van der Waals surface area contributed by atoms with Crippen molar-refractivity contribution in [2.24, 2.45) is 10.9 Å². The van der Waals surface area contributed by atoms with Gasteiger partial charge in [0.25, 0.3) is 5.91 Å². The first-order valence-corrected chi connectivity index (χ1v) is 14.9. The summed E-state index contributed by atoms with van der Waals surface area (Å²) in [5, 5.41) is 4.06. The number of amides is 2. The zero-order valence-corrected chi connectivity index (χ0v) is 25.4. The van der Waals surface area contributed by atoms with E-state index in [1.807, 2.05) is 24.3 Å². The Bertz CT molecular complexity index is 1620. The third kappa shape index (κ3) is 7.14. The molecule has 5 rings (SSSR count). The largest absolute Gasteiger partial charge is 0.471 e. The number of fused-ring (bicyclic) bond motifs is 1. The van der Waals surface area contributed by atoms with Crippen molar-refractivity contribution >= 4 is 74.4 Å². The smallest absolute Gasteiger partial charge is 0.368 e. The summed E-state index contributed by atoms with van der Waals surface area (Å²) in [5.41, 5.74) is 2.89. The van der Waals surface area contributed by atoms with Gasteiger partial charge in [0.05, 0.1) is 21.1 Å². The van der Waals surface area contributed by atoms with E-state index < -0.39 is 12.1 Å². The molecule has 2 amide bonds. The van der Waals surface area contributed by atoms with Crippen molar-refractivity contribution in [2.45, 2.75) is 20.0 Å². The monoisotopic (exact) mass is 630 g/mol.